The Labute approximate surface area is 468 Å². The first-order valence-electron chi connectivity index (χ1n) is 38.6. The predicted molar refractivity (Wildman–Crippen MR) is 297 cm³/mol. The van der Waals surface area contributed by atoms with E-state index in [9.17, 15) is 12.3 Å². The number of para-hydroxylation sites is 3. The first-order chi connectivity index (χ1) is 47.9. The minimum absolute atomic E-state index is 0.0759. The van der Waals surface area contributed by atoms with Crippen LogP contribution in [0.15, 0.2) is 194 Å². The van der Waals surface area contributed by atoms with Crippen LogP contribution in [0.2, 0.25) is 0 Å². The summed E-state index contributed by atoms with van der Waals surface area (Å²) in [5, 5.41) is 1.36. The van der Waals surface area contributed by atoms with Gasteiger partial charge in [0.1, 0.15) is 17.3 Å². The van der Waals surface area contributed by atoms with Gasteiger partial charge in [-0.3, -0.25) is 13.7 Å². The molecule has 0 radical (unpaired) electrons. The third-order valence-corrected chi connectivity index (χ3v) is 12.6. The number of aryl methyl sites for hydroxylation is 1. The lowest BCUT2D eigenvalue weighted by Gasteiger charge is -2.42. The Hall–Kier alpha value is -8.02. The van der Waals surface area contributed by atoms with Gasteiger partial charge in [-0.25, -0.2) is 4.98 Å². The summed E-state index contributed by atoms with van der Waals surface area (Å²) in [6, 6.07) is 17.1. The van der Waals surface area contributed by atoms with E-state index in [1.807, 2.05) is 6.07 Å². The fourth-order valence-corrected chi connectivity index (χ4v) is 9.14. The SMILES string of the molecule is [2H]c1c([2H])c([2H])c(-c2cnc(-n3c4ccccc4c4ccc(Oc5cccc(-n6[c-][n+](-c7c(-c8c([2H])c([2H])c([2H])c([2H])c8[2H])cc(C(C)(C)C)cc7-c7c([2H])c([2H])c8c(c7[2H])C(C([2H])([2H])[2H])(C([2H])([2H])[2H])C([2H])([2H])C([2H])([2H])C8(C([2H])([2H])[2H])C([2H])([2H])[2H])c7ccccc76)c5)cc43)cc2C([2H])([2H])[2H])c([2H])c1[2H]. The molecule has 1 aliphatic rings. The van der Waals surface area contributed by atoms with E-state index in [4.69, 9.17) is 36.3 Å². The molecule has 0 spiro atoms. The second-order valence-corrected chi connectivity index (χ2v) is 18.4. The van der Waals surface area contributed by atoms with Crippen molar-refractivity contribution in [2.75, 3.05) is 0 Å². The van der Waals surface area contributed by atoms with Crippen molar-refractivity contribution in [3.63, 3.8) is 0 Å². The molecule has 0 amide bonds. The van der Waals surface area contributed by atoms with Crippen LogP contribution in [0.4, 0.5) is 0 Å². The van der Waals surface area contributed by atoms with Crippen LogP contribution in [0.3, 0.4) is 0 Å². The summed E-state index contributed by atoms with van der Waals surface area (Å²) in [5.74, 6) is 0.455. The summed E-state index contributed by atoms with van der Waals surface area (Å²) in [4.78, 5) is 4.66. The summed E-state index contributed by atoms with van der Waals surface area (Å²) in [5.41, 5.74) is -15.4. The van der Waals surface area contributed by atoms with Crippen LogP contribution in [0.5, 0.6) is 11.5 Å². The summed E-state index contributed by atoms with van der Waals surface area (Å²) < 4.78 is 300. The molecule has 11 aromatic rings. The summed E-state index contributed by atoms with van der Waals surface area (Å²) >= 11 is 0. The minimum Gasteiger partial charge on any atom is -0.458 e. The van der Waals surface area contributed by atoms with Crippen molar-refractivity contribution >= 4 is 32.8 Å². The van der Waals surface area contributed by atoms with Gasteiger partial charge >= 0.3 is 0 Å². The van der Waals surface area contributed by atoms with Crippen molar-refractivity contribution in [1.29, 1.82) is 0 Å². The second kappa shape index (κ2) is 17.1. The van der Waals surface area contributed by atoms with Crippen LogP contribution in [-0.2, 0) is 16.2 Å². The fourth-order valence-electron chi connectivity index (χ4n) is 9.14. The molecule has 0 bridgehead atoms. The highest BCUT2D eigenvalue weighted by molar-refractivity contribution is 6.09. The van der Waals surface area contributed by atoms with Gasteiger partial charge in [-0.2, -0.15) is 0 Å². The highest BCUT2D eigenvalue weighted by Gasteiger charge is 2.37. The zero-order chi connectivity index (χ0) is 76.9. The number of ether oxygens (including phenoxy) is 1. The number of hydrogen-bond donors (Lipinski definition) is 0. The Morgan fingerprint density at radius 3 is 2.04 bits per heavy atom. The molecule has 8 aromatic carbocycles. The van der Waals surface area contributed by atoms with E-state index in [1.165, 1.54) is 27.3 Å². The molecule has 5 heteroatoms. The maximum atomic E-state index is 10.4. The van der Waals surface area contributed by atoms with Gasteiger partial charge in [-0.15, -0.1) is 0 Å². The lowest BCUT2D eigenvalue weighted by Crippen LogP contribution is -2.34. The van der Waals surface area contributed by atoms with Crippen LogP contribution in [-0.4, -0.2) is 14.1 Å². The molecule has 0 N–H and O–H groups in total. The van der Waals surface area contributed by atoms with E-state index in [0.717, 1.165) is 6.20 Å². The van der Waals surface area contributed by atoms with Gasteiger partial charge in [0.15, 0.2) is 0 Å². The topological polar surface area (TPSA) is 35.9 Å². The molecule has 0 saturated carbocycles. The summed E-state index contributed by atoms with van der Waals surface area (Å²) in [7, 11) is 0. The molecule has 3 aromatic heterocycles. The lowest BCUT2D eigenvalue weighted by molar-refractivity contribution is -0.571. The average molecular weight is 969 g/mol. The van der Waals surface area contributed by atoms with Crippen LogP contribution in [0.1, 0.15) is 127 Å². The molecule has 5 nitrogen and oxygen atoms in total. The Bertz CT molecular complexity index is 5370. The molecule has 3 heterocycles. The van der Waals surface area contributed by atoms with Crippen LogP contribution < -0.4 is 9.30 Å². The van der Waals surface area contributed by atoms with Crippen molar-refractivity contribution in [2.24, 2.45) is 0 Å². The molecular formula is C67H60N4O. The zero-order valence-electron chi connectivity index (χ0n) is 70.7. The quantitative estimate of drug-likeness (QED) is 0.112. The molecule has 12 rings (SSSR count). The van der Waals surface area contributed by atoms with E-state index >= 15 is 0 Å². The molecule has 0 unspecified atom stereocenters. The standard InChI is InChI=1S/C67H60N4O/c1-44-36-63(68-42-56(44)46-22-13-10-14-23-46)71-59-27-16-15-26-52(59)53-32-31-51(41-62(53)71)72-50-25-19-24-49(40-50)69-43-70(61-29-18-17-28-60(61)69)64-54(45-20-11-9-12-21-45)38-48(65(2,3)4)39-55(64)47-30-33-57-58(37-47)67(7,8)35-34-66(57,5)6/h9-33,36-42H,34-35H2,1-8H3/i1D3,5D3,6D3,7D3,8D3,9D,10D,11D,12D,13D,14D,20D,21D,22D,23D,30D,33D,34D2,35D2,37D. The van der Waals surface area contributed by atoms with Crippen LogP contribution >= 0.6 is 0 Å². The average Bonchev–Trinajstić information content (AvgIpc) is 0.647. The van der Waals surface area contributed by atoms with E-state index < -0.39 is 175 Å². The van der Waals surface area contributed by atoms with E-state index in [-0.39, 0.29) is 61.9 Å². The van der Waals surface area contributed by atoms with Gasteiger partial charge in [-0.05, 0) is 128 Å². The summed E-state index contributed by atoms with van der Waals surface area (Å²) in [6.07, 6.45) is -4.90. The molecule has 0 atom stereocenters. The number of aromatic nitrogens is 4. The van der Waals surface area contributed by atoms with Gasteiger partial charge in [0.2, 0.25) is 0 Å². The second-order valence-electron chi connectivity index (χ2n) is 18.4. The fraction of sp³-hybridized carbons (Fsp3) is 0.194. The molecule has 1 aliphatic carbocycles. The maximum absolute atomic E-state index is 10.4. The van der Waals surface area contributed by atoms with Crippen molar-refractivity contribution in [3.8, 4) is 62.1 Å². The zero-order valence-corrected chi connectivity index (χ0v) is 38.7. The van der Waals surface area contributed by atoms with Crippen LogP contribution in [0.25, 0.3) is 83.4 Å². The number of hydrogen-bond acceptors (Lipinski definition) is 2. The molecule has 354 valence electrons. The first-order valence-corrected chi connectivity index (χ1v) is 22.6. The smallest absolute Gasteiger partial charge is 0.269 e. The van der Waals surface area contributed by atoms with Crippen molar-refractivity contribution in [3.05, 3.63) is 223 Å². The van der Waals surface area contributed by atoms with E-state index in [1.54, 1.807) is 110 Å². The lowest BCUT2D eigenvalue weighted by atomic mass is 9.63. The number of imidazole rings is 1. The minimum atomic E-state index is -4.67. The maximum Gasteiger partial charge on any atom is 0.269 e. The Kier molecular flexibility index (Phi) is 5.26. The molecular weight excluding hydrogens is 877 g/mol. The molecule has 0 aliphatic heterocycles. The normalized spacial score (nSPS) is 22.9. The molecule has 0 fully saturated rings. The Morgan fingerprint density at radius 1 is 0.639 bits per heavy atom. The molecule has 0 saturated heterocycles. The van der Waals surface area contributed by atoms with Crippen LogP contribution in [0, 0.1) is 13.2 Å². The Balaban J connectivity index is 1.13. The van der Waals surface area contributed by atoms with E-state index in [2.05, 4.69) is 11.3 Å². The van der Waals surface area contributed by atoms with Crippen molar-refractivity contribution in [2.45, 2.75) is 84.0 Å². The van der Waals surface area contributed by atoms with Gasteiger partial charge < -0.3 is 4.74 Å². The largest absolute Gasteiger partial charge is 0.458 e. The number of rotatable bonds is 8. The van der Waals surface area contributed by atoms with Crippen molar-refractivity contribution in [1.82, 2.24) is 14.1 Å². The highest BCUT2D eigenvalue weighted by Crippen LogP contribution is 2.48. The third-order valence-electron chi connectivity index (χ3n) is 12.6. The monoisotopic (exact) mass is 969 g/mol. The number of pyridine rings is 1. The number of nitrogens with zero attached hydrogens (tertiary/aromatic N) is 4. The highest BCUT2D eigenvalue weighted by atomic mass is 16.5. The van der Waals surface area contributed by atoms with Gasteiger partial charge in [-0.1, -0.05) is 187 Å². The third kappa shape index (κ3) is 7.79. The van der Waals surface area contributed by atoms with Gasteiger partial charge in [0.05, 0.1) is 51.3 Å². The number of fused-ring (bicyclic) bond motifs is 5. The van der Waals surface area contributed by atoms with Crippen molar-refractivity contribution < 1.29 is 53.2 Å². The van der Waals surface area contributed by atoms with E-state index in [0.29, 0.717) is 21.8 Å². The Morgan fingerprint density at radius 2 is 1.31 bits per heavy atom. The molecule has 72 heavy (non-hydrogen) atoms. The summed E-state index contributed by atoms with van der Waals surface area (Å²) in [6.45, 7) is -15.4. The van der Waals surface area contributed by atoms with Gasteiger partial charge in [0.25, 0.3) is 6.33 Å². The number of benzene rings is 8. The predicted octanol–water partition coefficient (Wildman–Crippen LogP) is 16.9. The van der Waals surface area contributed by atoms with Gasteiger partial charge in [0, 0.05) is 54.6 Å². The first kappa shape index (κ1) is 22.2.